The van der Waals surface area contributed by atoms with E-state index in [1.165, 1.54) is 27.1 Å². The number of ketones is 1. The molecule has 0 saturated heterocycles. The van der Waals surface area contributed by atoms with Crippen molar-refractivity contribution in [3.8, 4) is 0 Å². The maximum absolute atomic E-state index is 13.4. The van der Waals surface area contributed by atoms with Gasteiger partial charge in [-0.1, -0.05) is 76.3 Å². The first-order valence-corrected chi connectivity index (χ1v) is 14.4. The summed E-state index contributed by atoms with van der Waals surface area (Å²) >= 11 is 1.74. The number of carbonyl (C=O) groups excluding carboxylic acids is 3. The van der Waals surface area contributed by atoms with E-state index >= 15 is 0 Å². The normalized spacial score (nSPS) is 21.4. The molecule has 0 N–H and O–H groups in total. The van der Waals surface area contributed by atoms with Crippen LogP contribution < -0.4 is 0 Å². The molecule has 0 amide bonds. The van der Waals surface area contributed by atoms with Crippen molar-refractivity contribution in [1.29, 1.82) is 0 Å². The van der Waals surface area contributed by atoms with Crippen LogP contribution in [0.3, 0.4) is 0 Å². The molecule has 1 aromatic carbocycles. The van der Waals surface area contributed by atoms with Gasteiger partial charge in [0.2, 0.25) is 0 Å². The number of thioether (sulfide) groups is 1. The highest BCUT2D eigenvalue weighted by atomic mass is 32.2. The number of hydrogen-bond acceptors (Lipinski definition) is 6. The van der Waals surface area contributed by atoms with Crippen LogP contribution in [-0.4, -0.2) is 37.2 Å². The summed E-state index contributed by atoms with van der Waals surface area (Å²) in [5, 5.41) is 0.00125. The Morgan fingerprint density at radius 2 is 1.78 bits per heavy atom. The van der Waals surface area contributed by atoms with E-state index in [0.29, 0.717) is 31.6 Å². The number of hydrogen-bond donors (Lipinski definition) is 0. The van der Waals surface area contributed by atoms with Crippen molar-refractivity contribution in [3.05, 3.63) is 42.5 Å². The standard InChI is InChI=1S/C30H44O5S/c1-5-6-14-23(2)18-20-26(36-24-15-10-9-11-16-24)25-19-21-27(31)30(25,29(33)35-4)22-13-8-7-12-17-28(32)34-3/h9-11,15-16,18,20,23,25-26H,5-8,12-14,17,19,21-22H2,1-4H3/b20-18+. The van der Waals surface area contributed by atoms with Gasteiger partial charge in [-0.3, -0.25) is 14.4 Å². The second-order valence-corrected chi connectivity index (χ2v) is 11.2. The molecule has 6 heteroatoms. The van der Waals surface area contributed by atoms with Gasteiger partial charge in [-0.05, 0) is 49.7 Å². The third kappa shape index (κ3) is 8.50. The molecule has 1 aliphatic carbocycles. The molecular formula is C30H44O5S. The van der Waals surface area contributed by atoms with Crippen LogP contribution in [0.4, 0.5) is 0 Å². The number of ether oxygens (including phenoxy) is 2. The molecule has 4 unspecified atom stereocenters. The summed E-state index contributed by atoms with van der Waals surface area (Å²) in [6.07, 6.45) is 13.2. The monoisotopic (exact) mass is 516 g/mol. The van der Waals surface area contributed by atoms with Gasteiger partial charge in [-0.25, -0.2) is 0 Å². The summed E-state index contributed by atoms with van der Waals surface area (Å²) in [5.41, 5.74) is -1.11. The van der Waals surface area contributed by atoms with E-state index in [-0.39, 0.29) is 22.9 Å². The van der Waals surface area contributed by atoms with Crippen LogP contribution in [0.5, 0.6) is 0 Å². The van der Waals surface area contributed by atoms with Gasteiger partial charge in [0, 0.05) is 23.0 Å². The summed E-state index contributed by atoms with van der Waals surface area (Å²) in [6, 6.07) is 10.2. The van der Waals surface area contributed by atoms with E-state index in [9.17, 15) is 14.4 Å². The van der Waals surface area contributed by atoms with Crippen LogP contribution in [-0.2, 0) is 23.9 Å². The minimum absolute atomic E-state index is 0.00125. The first-order chi connectivity index (χ1) is 17.4. The number of carbonyl (C=O) groups is 3. The summed E-state index contributed by atoms with van der Waals surface area (Å²) in [4.78, 5) is 39.2. The maximum atomic E-state index is 13.4. The zero-order chi connectivity index (χ0) is 26.4. The minimum Gasteiger partial charge on any atom is -0.469 e. The molecule has 4 atom stereocenters. The van der Waals surface area contributed by atoms with Crippen molar-refractivity contribution in [2.45, 2.75) is 94.6 Å². The molecule has 0 heterocycles. The van der Waals surface area contributed by atoms with Crippen molar-refractivity contribution in [2.75, 3.05) is 14.2 Å². The average molecular weight is 517 g/mol. The number of rotatable bonds is 16. The lowest BCUT2D eigenvalue weighted by atomic mass is 9.71. The fraction of sp³-hybridized carbons (Fsp3) is 0.633. The van der Waals surface area contributed by atoms with Crippen molar-refractivity contribution >= 4 is 29.5 Å². The largest absolute Gasteiger partial charge is 0.469 e. The lowest BCUT2D eigenvalue weighted by Crippen LogP contribution is -2.45. The van der Waals surface area contributed by atoms with Crippen LogP contribution in [0, 0.1) is 17.3 Å². The van der Waals surface area contributed by atoms with Gasteiger partial charge in [0.1, 0.15) is 5.41 Å². The van der Waals surface area contributed by atoms with E-state index in [4.69, 9.17) is 9.47 Å². The molecule has 36 heavy (non-hydrogen) atoms. The van der Waals surface area contributed by atoms with Crippen molar-refractivity contribution in [2.24, 2.45) is 17.3 Å². The first kappa shape index (κ1) is 30.1. The molecule has 1 saturated carbocycles. The highest BCUT2D eigenvalue weighted by Gasteiger charge is 2.57. The second-order valence-electron chi connectivity index (χ2n) is 9.92. The number of methoxy groups -OCH3 is 2. The van der Waals surface area contributed by atoms with E-state index in [2.05, 4.69) is 38.1 Å². The van der Waals surface area contributed by atoms with E-state index in [1.807, 2.05) is 18.2 Å². The van der Waals surface area contributed by atoms with Crippen molar-refractivity contribution in [3.63, 3.8) is 0 Å². The Morgan fingerprint density at radius 1 is 1.06 bits per heavy atom. The molecule has 0 aliphatic heterocycles. The zero-order valence-corrected chi connectivity index (χ0v) is 23.3. The molecule has 1 fully saturated rings. The first-order valence-electron chi connectivity index (χ1n) is 13.5. The van der Waals surface area contributed by atoms with Crippen LogP contribution in [0.2, 0.25) is 0 Å². The smallest absolute Gasteiger partial charge is 0.319 e. The Kier molecular flexibility index (Phi) is 13.3. The number of allylic oxidation sites excluding steroid dienone is 1. The van der Waals surface area contributed by atoms with Gasteiger partial charge in [-0.2, -0.15) is 0 Å². The van der Waals surface area contributed by atoms with Gasteiger partial charge in [-0.15, -0.1) is 11.8 Å². The molecule has 200 valence electrons. The number of benzene rings is 1. The van der Waals surface area contributed by atoms with Gasteiger partial charge >= 0.3 is 11.9 Å². The van der Waals surface area contributed by atoms with Gasteiger partial charge < -0.3 is 9.47 Å². The predicted octanol–water partition coefficient (Wildman–Crippen LogP) is 7.18. The third-order valence-electron chi connectivity index (χ3n) is 7.35. The lowest BCUT2D eigenvalue weighted by Gasteiger charge is -2.35. The number of Topliss-reactive ketones (excluding diaryl/α,β-unsaturated/α-hetero) is 1. The van der Waals surface area contributed by atoms with Crippen molar-refractivity contribution < 1.29 is 23.9 Å². The summed E-state index contributed by atoms with van der Waals surface area (Å²) in [5.74, 6) is -0.251. The number of unbranched alkanes of at least 4 members (excludes halogenated alkanes) is 4. The molecule has 0 bridgehead atoms. The molecule has 5 nitrogen and oxygen atoms in total. The number of esters is 2. The van der Waals surface area contributed by atoms with Crippen LogP contribution in [0.15, 0.2) is 47.4 Å². The molecule has 2 rings (SSSR count). The Bertz CT molecular complexity index is 852. The van der Waals surface area contributed by atoms with Crippen LogP contribution in [0.25, 0.3) is 0 Å². The van der Waals surface area contributed by atoms with E-state index in [1.54, 1.807) is 11.8 Å². The fourth-order valence-corrected chi connectivity index (χ4v) is 6.57. The molecule has 1 aromatic rings. The maximum Gasteiger partial charge on any atom is 0.319 e. The second kappa shape index (κ2) is 15.9. The highest BCUT2D eigenvalue weighted by Crippen LogP contribution is 2.51. The van der Waals surface area contributed by atoms with Crippen LogP contribution >= 0.6 is 11.8 Å². The molecule has 0 spiro atoms. The minimum atomic E-state index is -1.11. The molecular weight excluding hydrogens is 472 g/mol. The zero-order valence-electron chi connectivity index (χ0n) is 22.5. The molecule has 0 aromatic heterocycles. The summed E-state index contributed by atoms with van der Waals surface area (Å²) in [6.45, 7) is 4.44. The molecule has 0 radical (unpaired) electrons. The molecule has 1 aliphatic rings. The summed E-state index contributed by atoms with van der Waals surface area (Å²) < 4.78 is 10.00. The van der Waals surface area contributed by atoms with Crippen LogP contribution in [0.1, 0.15) is 84.5 Å². The fourth-order valence-electron chi connectivity index (χ4n) is 5.24. The lowest BCUT2D eigenvalue weighted by molar-refractivity contribution is -0.159. The van der Waals surface area contributed by atoms with Gasteiger partial charge in [0.25, 0.3) is 0 Å². The van der Waals surface area contributed by atoms with Gasteiger partial charge in [0.05, 0.1) is 14.2 Å². The third-order valence-corrected chi connectivity index (χ3v) is 8.65. The Morgan fingerprint density at radius 3 is 2.44 bits per heavy atom. The van der Waals surface area contributed by atoms with Gasteiger partial charge in [0.15, 0.2) is 5.78 Å². The Balaban J connectivity index is 2.25. The average Bonchev–Trinajstić information content (AvgIpc) is 3.23. The predicted molar refractivity (Wildman–Crippen MR) is 146 cm³/mol. The van der Waals surface area contributed by atoms with E-state index < -0.39 is 11.4 Å². The Labute approximate surface area is 221 Å². The highest BCUT2D eigenvalue weighted by molar-refractivity contribution is 8.00. The quantitative estimate of drug-likeness (QED) is 0.0762. The Hall–Kier alpha value is -2.08. The summed E-state index contributed by atoms with van der Waals surface area (Å²) in [7, 11) is 2.79. The van der Waals surface area contributed by atoms with Crippen molar-refractivity contribution in [1.82, 2.24) is 0 Å². The topological polar surface area (TPSA) is 69.7 Å². The van der Waals surface area contributed by atoms with E-state index in [0.717, 1.165) is 37.0 Å². The SMILES string of the molecule is CCCCC(C)/C=C/C(Sc1ccccc1)C1CCC(=O)C1(CCCCCCC(=O)OC)C(=O)OC.